The summed E-state index contributed by atoms with van der Waals surface area (Å²) >= 11 is 0. The van der Waals surface area contributed by atoms with Crippen molar-refractivity contribution in [3.05, 3.63) is 60.7 Å². The molecule has 0 aromatic heterocycles. The molecule has 94 valence electrons. The molecule has 0 atom stereocenters. The molecule has 0 saturated heterocycles. The minimum Gasteiger partial charge on any atom is -0.408 e. The number of hydrogen-bond acceptors (Lipinski definition) is 1. The Hall–Kier alpha value is -1.38. The van der Waals surface area contributed by atoms with Gasteiger partial charge in [0.1, 0.15) is 0 Å². The Kier molecular flexibility index (Phi) is 4.34. The molecule has 1 nitrogen and oxygen atoms in total. The first-order valence-corrected chi connectivity index (χ1v) is 8.70. The van der Waals surface area contributed by atoms with Crippen molar-refractivity contribution in [3.63, 3.8) is 0 Å². The highest BCUT2D eigenvalue weighted by molar-refractivity contribution is 6.97. The summed E-state index contributed by atoms with van der Waals surface area (Å²) in [6.07, 6.45) is 0. The molecule has 18 heavy (non-hydrogen) atoms. The van der Waals surface area contributed by atoms with Crippen molar-refractivity contribution in [3.8, 4) is 0 Å². The fraction of sp³-hybridized carbons (Fsp3) is 0.250. The molecular formula is C16H20OSi. The second-order valence-corrected chi connectivity index (χ2v) is 8.15. The first-order chi connectivity index (χ1) is 8.83. The van der Waals surface area contributed by atoms with Gasteiger partial charge in [0.25, 0.3) is 8.32 Å². The molecule has 0 N–H and O–H groups in total. The molecule has 0 amide bonds. The fourth-order valence-corrected chi connectivity index (χ4v) is 6.15. The highest BCUT2D eigenvalue weighted by atomic mass is 28.4. The van der Waals surface area contributed by atoms with Gasteiger partial charge >= 0.3 is 0 Å². The molecule has 0 aliphatic rings. The maximum absolute atomic E-state index is 6.29. The van der Waals surface area contributed by atoms with Crippen LogP contribution in [0.2, 0.25) is 6.04 Å². The van der Waals surface area contributed by atoms with Gasteiger partial charge in [0, 0.05) is 6.61 Å². The van der Waals surface area contributed by atoms with Crippen LogP contribution in [0.3, 0.4) is 0 Å². The van der Waals surface area contributed by atoms with E-state index < -0.39 is 8.32 Å². The molecule has 2 aromatic rings. The molecule has 0 saturated carbocycles. The van der Waals surface area contributed by atoms with Crippen molar-refractivity contribution in [2.75, 3.05) is 6.61 Å². The van der Waals surface area contributed by atoms with Gasteiger partial charge in [0.05, 0.1) is 0 Å². The highest BCUT2D eigenvalue weighted by Crippen LogP contribution is 2.12. The first-order valence-electron chi connectivity index (χ1n) is 6.58. The summed E-state index contributed by atoms with van der Waals surface area (Å²) in [7, 11) is -2.02. The molecule has 0 aliphatic heterocycles. The Balaban J connectivity index is 2.53. The molecule has 2 heteroatoms. The topological polar surface area (TPSA) is 9.23 Å². The average molecular weight is 256 g/mol. The monoisotopic (exact) mass is 256 g/mol. The van der Waals surface area contributed by atoms with E-state index in [2.05, 4.69) is 74.5 Å². The third-order valence-corrected chi connectivity index (χ3v) is 7.68. The lowest BCUT2D eigenvalue weighted by Gasteiger charge is -2.31. The van der Waals surface area contributed by atoms with E-state index in [-0.39, 0.29) is 0 Å². The van der Waals surface area contributed by atoms with E-state index in [1.807, 2.05) is 0 Å². The van der Waals surface area contributed by atoms with Crippen LogP contribution in [0.25, 0.3) is 0 Å². The normalized spacial score (nSPS) is 11.4. The summed E-state index contributed by atoms with van der Waals surface area (Å²) < 4.78 is 6.29. The van der Waals surface area contributed by atoms with E-state index in [0.29, 0.717) is 0 Å². The van der Waals surface area contributed by atoms with E-state index in [0.717, 1.165) is 12.7 Å². The molecule has 2 aromatic carbocycles. The second kappa shape index (κ2) is 5.98. The van der Waals surface area contributed by atoms with Gasteiger partial charge < -0.3 is 4.43 Å². The average Bonchev–Trinajstić information content (AvgIpc) is 2.47. The van der Waals surface area contributed by atoms with Gasteiger partial charge in [-0.05, 0) is 23.3 Å². The molecule has 0 unspecified atom stereocenters. The van der Waals surface area contributed by atoms with Crippen LogP contribution >= 0.6 is 0 Å². The minimum atomic E-state index is -2.02. The molecular weight excluding hydrogens is 236 g/mol. The van der Waals surface area contributed by atoms with Crippen LogP contribution in [0.1, 0.15) is 13.8 Å². The quantitative estimate of drug-likeness (QED) is 0.748. The number of hydrogen-bond donors (Lipinski definition) is 0. The third-order valence-electron chi connectivity index (χ3n) is 3.37. The lowest BCUT2D eigenvalue weighted by Crippen LogP contribution is -2.60. The van der Waals surface area contributed by atoms with E-state index >= 15 is 0 Å². The van der Waals surface area contributed by atoms with Gasteiger partial charge in [-0.25, -0.2) is 0 Å². The van der Waals surface area contributed by atoms with Crippen LogP contribution in [0.5, 0.6) is 0 Å². The van der Waals surface area contributed by atoms with Crippen molar-refractivity contribution >= 4 is 18.7 Å². The van der Waals surface area contributed by atoms with Crippen molar-refractivity contribution in [2.24, 2.45) is 0 Å². The van der Waals surface area contributed by atoms with Gasteiger partial charge in [-0.3, -0.25) is 0 Å². The standard InChI is InChI=1S/C16H20OSi/c1-3-17-18(4-2,15-11-7-5-8-12-15)16-13-9-6-10-14-16/h5-14H,3-4H2,1-2H3. The summed E-state index contributed by atoms with van der Waals surface area (Å²) in [5.41, 5.74) is 0. The van der Waals surface area contributed by atoms with Crippen LogP contribution in [-0.4, -0.2) is 14.9 Å². The smallest absolute Gasteiger partial charge is 0.255 e. The van der Waals surface area contributed by atoms with Crippen molar-refractivity contribution < 1.29 is 4.43 Å². The van der Waals surface area contributed by atoms with E-state index in [4.69, 9.17) is 4.43 Å². The highest BCUT2D eigenvalue weighted by Gasteiger charge is 2.36. The molecule has 0 aliphatic carbocycles. The molecule has 0 spiro atoms. The Morgan fingerprint density at radius 3 is 1.56 bits per heavy atom. The van der Waals surface area contributed by atoms with Gasteiger partial charge in [0.2, 0.25) is 0 Å². The molecule has 0 fully saturated rings. The predicted octanol–water partition coefficient (Wildman–Crippen LogP) is 2.80. The lowest BCUT2D eigenvalue weighted by molar-refractivity contribution is 0.339. The van der Waals surface area contributed by atoms with Crippen LogP contribution in [0.15, 0.2) is 60.7 Å². The molecule has 0 radical (unpaired) electrons. The van der Waals surface area contributed by atoms with E-state index in [1.165, 1.54) is 10.4 Å². The van der Waals surface area contributed by atoms with Crippen molar-refractivity contribution in [1.29, 1.82) is 0 Å². The Bertz CT molecular complexity index is 427. The van der Waals surface area contributed by atoms with E-state index in [1.54, 1.807) is 0 Å². The van der Waals surface area contributed by atoms with E-state index in [9.17, 15) is 0 Å². The maximum atomic E-state index is 6.29. The summed E-state index contributed by atoms with van der Waals surface area (Å²) in [5, 5.41) is 2.72. The van der Waals surface area contributed by atoms with Crippen LogP contribution in [0, 0.1) is 0 Å². The van der Waals surface area contributed by atoms with Gasteiger partial charge in [-0.2, -0.15) is 0 Å². The minimum absolute atomic E-state index is 0.768. The van der Waals surface area contributed by atoms with Crippen molar-refractivity contribution in [1.82, 2.24) is 0 Å². The zero-order valence-corrected chi connectivity index (χ0v) is 12.1. The van der Waals surface area contributed by atoms with Crippen molar-refractivity contribution in [2.45, 2.75) is 19.9 Å². The lowest BCUT2D eigenvalue weighted by atomic mass is 10.4. The zero-order valence-electron chi connectivity index (χ0n) is 11.1. The molecule has 0 heterocycles. The van der Waals surface area contributed by atoms with Gasteiger partial charge in [0.15, 0.2) is 0 Å². The maximum Gasteiger partial charge on any atom is 0.255 e. The Morgan fingerprint density at radius 2 is 1.22 bits per heavy atom. The summed E-state index contributed by atoms with van der Waals surface area (Å²) in [6, 6.07) is 22.4. The zero-order chi connectivity index (χ0) is 12.8. The molecule has 0 bridgehead atoms. The third kappa shape index (κ3) is 2.40. The SMILES string of the molecule is CCO[Si](CC)(c1ccccc1)c1ccccc1. The number of benzene rings is 2. The van der Waals surface area contributed by atoms with Gasteiger partial charge in [-0.1, -0.05) is 67.6 Å². The Morgan fingerprint density at radius 1 is 0.778 bits per heavy atom. The van der Waals surface area contributed by atoms with Crippen LogP contribution in [-0.2, 0) is 4.43 Å². The summed E-state index contributed by atoms with van der Waals surface area (Å²) in [6.45, 7) is 5.09. The van der Waals surface area contributed by atoms with Crippen LogP contribution in [0.4, 0.5) is 0 Å². The van der Waals surface area contributed by atoms with Crippen LogP contribution < -0.4 is 10.4 Å². The Labute approximate surface area is 111 Å². The first kappa shape index (κ1) is 13.1. The largest absolute Gasteiger partial charge is 0.408 e. The second-order valence-electron chi connectivity index (χ2n) is 4.35. The number of rotatable bonds is 5. The molecule has 2 rings (SSSR count). The van der Waals surface area contributed by atoms with Gasteiger partial charge in [-0.15, -0.1) is 0 Å². The summed E-state index contributed by atoms with van der Waals surface area (Å²) in [4.78, 5) is 0. The fourth-order valence-electron chi connectivity index (χ4n) is 2.50. The summed E-state index contributed by atoms with van der Waals surface area (Å²) in [5.74, 6) is 0. The predicted molar refractivity (Wildman–Crippen MR) is 80.0 cm³/mol.